The highest BCUT2D eigenvalue weighted by Crippen LogP contribution is 2.30. The lowest BCUT2D eigenvalue weighted by molar-refractivity contribution is -0.122. The Hall–Kier alpha value is -4.58. The molecule has 0 spiro atoms. The number of hydrogen-bond acceptors (Lipinski definition) is 8. The van der Waals surface area contributed by atoms with Gasteiger partial charge in [0.2, 0.25) is 15.9 Å². The van der Waals surface area contributed by atoms with E-state index in [1.54, 1.807) is 62.6 Å². The van der Waals surface area contributed by atoms with Crippen LogP contribution >= 0.6 is 0 Å². The fraction of sp³-hybridized carbons (Fsp3) is 0.194. The molecule has 4 aromatic rings. The number of hydrogen-bond donors (Lipinski definition) is 5. The summed E-state index contributed by atoms with van der Waals surface area (Å²) in [6.45, 7) is 1.60. The molecule has 0 aliphatic carbocycles. The molecule has 220 valence electrons. The number of nitrogens with one attached hydrogen (secondary N) is 3. The molecule has 10 nitrogen and oxygen atoms in total. The summed E-state index contributed by atoms with van der Waals surface area (Å²) in [5.74, 6) is 1.12. The molecule has 1 amide bonds. The maximum Gasteiger partial charge on any atom is 0.249 e. The first kappa shape index (κ1) is 30.4. The number of anilines is 2. The number of amides is 1. The van der Waals surface area contributed by atoms with E-state index >= 15 is 0 Å². The third-order valence-corrected chi connectivity index (χ3v) is 7.13. The van der Waals surface area contributed by atoms with Gasteiger partial charge in [0.05, 0.1) is 25.2 Å². The highest BCUT2D eigenvalue weighted by molar-refractivity contribution is 7.92. The highest BCUT2D eigenvalue weighted by Gasteiger charge is 2.36. The van der Waals surface area contributed by atoms with E-state index in [0.29, 0.717) is 34.1 Å². The Balaban J connectivity index is 1.57. The summed E-state index contributed by atoms with van der Waals surface area (Å²) in [6, 6.07) is 27.3. The maximum absolute atomic E-state index is 13.8. The van der Waals surface area contributed by atoms with Crippen LogP contribution in [0, 0.1) is 0 Å². The largest absolute Gasteiger partial charge is 0.506 e. The van der Waals surface area contributed by atoms with Crippen molar-refractivity contribution in [1.29, 1.82) is 0 Å². The average Bonchev–Trinajstić information content (AvgIpc) is 2.97. The molecule has 4 aromatic carbocycles. The van der Waals surface area contributed by atoms with Crippen LogP contribution in [0.2, 0.25) is 0 Å². The summed E-state index contributed by atoms with van der Waals surface area (Å²) in [5.41, 5.74) is 0.0475. The van der Waals surface area contributed by atoms with Gasteiger partial charge >= 0.3 is 0 Å². The van der Waals surface area contributed by atoms with Gasteiger partial charge in [-0.05, 0) is 66.6 Å². The van der Waals surface area contributed by atoms with Crippen molar-refractivity contribution in [3.63, 3.8) is 0 Å². The van der Waals surface area contributed by atoms with Gasteiger partial charge in [0, 0.05) is 18.3 Å². The number of aliphatic hydroxyl groups is 1. The Morgan fingerprint density at radius 3 is 2.26 bits per heavy atom. The second-order valence-electron chi connectivity index (χ2n) is 9.80. The van der Waals surface area contributed by atoms with E-state index in [9.17, 15) is 23.4 Å². The number of methoxy groups -OCH3 is 1. The van der Waals surface area contributed by atoms with Crippen molar-refractivity contribution in [2.45, 2.75) is 18.6 Å². The van der Waals surface area contributed by atoms with Crippen molar-refractivity contribution in [2.24, 2.45) is 0 Å². The number of rotatable bonds is 12. The molecule has 1 unspecified atom stereocenters. The number of carbonyl (C=O) groups excluding carboxylic acids is 1. The highest BCUT2D eigenvalue weighted by atomic mass is 32.2. The molecule has 0 bridgehead atoms. The second-order valence-corrected chi connectivity index (χ2v) is 11.5. The lowest BCUT2D eigenvalue weighted by Gasteiger charge is -2.31. The number of phenolic OH excluding ortho intramolecular Hbond substituents is 1. The fourth-order valence-electron chi connectivity index (χ4n) is 4.22. The predicted octanol–water partition coefficient (Wildman–Crippen LogP) is 4.74. The van der Waals surface area contributed by atoms with Crippen LogP contribution in [0.5, 0.6) is 23.0 Å². The molecule has 0 radical (unpaired) electrons. The van der Waals surface area contributed by atoms with Gasteiger partial charge in [-0.25, -0.2) is 8.42 Å². The van der Waals surface area contributed by atoms with Gasteiger partial charge in [-0.2, -0.15) is 0 Å². The molecular formula is C31H33N3O7S. The van der Waals surface area contributed by atoms with Crippen LogP contribution in [-0.2, 0) is 20.4 Å². The molecule has 0 aromatic heterocycles. The van der Waals surface area contributed by atoms with Crippen LogP contribution < -0.4 is 24.8 Å². The molecule has 0 fully saturated rings. The lowest BCUT2D eigenvalue weighted by atomic mass is 9.90. The van der Waals surface area contributed by atoms with E-state index in [1.165, 1.54) is 18.2 Å². The van der Waals surface area contributed by atoms with Crippen molar-refractivity contribution in [2.75, 3.05) is 29.9 Å². The first-order valence-corrected chi connectivity index (χ1v) is 14.9. The van der Waals surface area contributed by atoms with E-state index in [-0.39, 0.29) is 18.0 Å². The third-order valence-electron chi connectivity index (χ3n) is 6.54. The minimum absolute atomic E-state index is 0.0673. The zero-order chi connectivity index (χ0) is 30.3. The summed E-state index contributed by atoms with van der Waals surface area (Å²) in [4.78, 5) is 13.8. The molecule has 4 rings (SSSR count). The standard InChI is InChI=1S/C31H33N3O7S/c1-31(22-13-15-24(40-2)16-14-22,32-20-29(36)21-12-17-28(35)27(18-21)34-42(3,38)39)30(37)33-23-8-7-11-26(19-23)41-25-9-5-4-6-10-25/h4-19,29,32,34-36H,20H2,1-3H3,(H,33,37)/t29-,31?/m1/s1. The van der Waals surface area contributed by atoms with Crippen molar-refractivity contribution >= 4 is 27.3 Å². The Kier molecular flexibility index (Phi) is 9.36. The van der Waals surface area contributed by atoms with Crippen molar-refractivity contribution < 1.29 is 32.9 Å². The first-order valence-electron chi connectivity index (χ1n) is 13.0. The minimum Gasteiger partial charge on any atom is -0.506 e. The molecule has 0 saturated heterocycles. The maximum atomic E-state index is 13.8. The van der Waals surface area contributed by atoms with Crippen LogP contribution in [-0.4, -0.2) is 44.4 Å². The van der Waals surface area contributed by atoms with Crippen LogP contribution in [0.15, 0.2) is 97.1 Å². The van der Waals surface area contributed by atoms with Crippen LogP contribution in [0.4, 0.5) is 11.4 Å². The van der Waals surface area contributed by atoms with Gasteiger partial charge in [-0.1, -0.05) is 42.5 Å². The number of sulfonamides is 1. The number of phenols is 1. The fourth-order valence-corrected chi connectivity index (χ4v) is 4.78. The van der Waals surface area contributed by atoms with Gasteiger partial charge in [-0.3, -0.25) is 14.8 Å². The number of ether oxygens (including phenoxy) is 2. The normalized spacial score (nSPS) is 13.4. The van der Waals surface area contributed by atoms with Gasteiger partial charge < -0.3 is 25.0 Å². The van der Waals surface area contributed by atoms with Gasteiger partial charge in [0.15, 0.2) is 0 Å². The Bertz CT molecular complexity index is 1630. The Morgan fingerprint density at radius 1 is 0.905 bits per heavy atom. The zero-order valence-corrected chi connectivity index (χ0v) is 24.2. The molecule has 0 heterocycles. The van der Waals surface area contributed by atoms with E-state index in [0.717, 1.165) is 6.26 Å². The Labute approximate surface area is 245 Å². The quantitative estimate of drug-likeness (QED) is 0.149. The number of aromatic hydroxyl groups is 1. The zero-order valence-electron chi connectivity index (χ0n) is 23.4. The van der Waals surface area contributed by atoms with Gasteiger partial charge in [0.25, 0.3) is 0 Å². The topological polar surface area (TPSA) is 146 Å². The number of aliphatic hydroxyl groups excluding tert-OH is 1. The van der Waals surface area contributed by atoms with Crippen molar-refractivity contribution in [1.82, 2.24) is 5.32 Å². The third kappa shape index (κ3) is 7.78. The molecule has 0 aliphatic rings. The van der Waals surface area contributed by atoms with Crippen LogP contribution in [0.3, 0.4) is 0 Å². The van der Waals surface area contributed by atoms with E-state index < -0.39 is 27.6 Å². The molecule has 42 heavy (non-hydrogen) atoms. The van der Waals surface area contributed by atoms with Gasteiger partial charge in [0.1, 0.15) is 28.5 Å². The van der Waals surface area contributed by atoms with E-state index in [2.05, 4.69) is 15.4 Å². The average molecular weight is 592 g/mol. The van der Waals surface area contributed by atoms with E-state index in [1.807, 2.05) is 30.3 Å². The lowest BCUT2D eigenvalue weighted by Crippen LogP contribution is -2.50. The van der Waals surface area contributed by atoms with Crippen molar-refractivity contribution in [3.05, 3.63) is 108 Å². The summed E-state index contributed by atoms with van der Waals surface area (Å²) in [5, 5.41) is 27.1. The van der Waals surface area contributed by atoms with E-state index in [4.69, 9.17) is 9.47 Å². The van der Waals surface area contributed by atoms with Crippen LogP contribution in [0.1, 0.15) is 24.2 Å². The van der Waals surface area contributed by atoms with Crippen LogP contribution in [0.25, 0.3) is 0 Å². The summed E-state index contributed by atoms with van der Waals surface area (Å²) in [6.07, 6.45) is -0.196. The first-order chi connectivity index (χ1) is 20.0. The number of benzene rings is 4. The smallest absolute Gasteiger partial charge is 0.249 e. The summed E-state index contributed by atoms with van der Waals surface area (Å²) in [7, 11) is -2.11. The predicted molar refractivity (Wildman–Crippen MR) is 161 cm³/mol. The molecule has 0 saturated carbocycles. The number of carbonyl (C=O) groups is 1. The summed E-state index contributed by atoms with van der Waals surface area (Å²) >= 11 is 0. The SMILES string of the molecule is COc1ccc(C(C)(NC[C@@H](O)c2ccc(O)c(NS(C)(=O)=O)c2)C(=O)Nc2cccc(Oc3ccccc3)c2)cc1. The molecule has 11 heteroatoms. The molecule has 5 N–H and O–H groups in total. The molecule has 2 atom stereocenters. The molecular weight excluding hydrogens is 558 g/mol. The van der Waals surface area contributed by atoms with Crippen molar-refractivity contribution in [3.8, 4) is 23.0 Å². The minimum atomic E-state index is -3.66. The molecule has 0 aliphatic heterocycles. The second kappa shape index (κ2) is 12.9. The Morgan fingerprint density at radius 2 is 1.60 bits per heavy atom. The summed E-state index contributed by atoms with van der Waals surface area (Å²) < 4.78 is 36.7. The number of para-hydroxylation sites is 1. The monoisotopic (exact) mass is 591 g/mol. The van der Waals surface area contributed by atoms with Gasteiger partial charge in [-0.15, -0.1) is 0 Å².